The average molecular weight is 358 g/mol. The molecule has 118 valence electrons. The van der Waals surface area contributed by atoms with Crippen LogP contribution in [0.4, 0.5) is 0 Å². The molecule has 1 aromatic rings. The van der Waals surface area contributed by atoms with Crippen molar-refractivity contribution in [3.05, 3.63) is 35.9 Å². The summed E-state index contributed by atoms with van der Waals surface area (Å²) in [5.41, 5.74) is 5.77. The van der Waals surface area contributed by atoms with Crippen LogP contribution in [0, 0.1) is 11.5 Å². The van der Waals surface area contributed by atoms with Crippen LogP contribution in [0.3, 0.4) is 0 Å². The number of hydrogen-bond donors (Lipinski definition) is 0. The fourth-order valence-electron chi connectivity index (χ4n) is 18.6. The van der Waals surface area contributed by atoms with Crippen molar-refractivity contribution < 1.29 is 6.51 Å². The SMILES string of the molecule is C[Si](C)(C)C#C[C]12[CH]3[CH]4[C]5(c6ccccc6)[CH]1[Fe]34251678[CH]2[CH]1[CH]6[CH]7[CH]28. The fourth-order valence-corrected chi connectivity index (χ4v) is 94.4. The van der Waals surface area contributed by atoms with Crippen LogP contribution in [0.25, 0.3) is 0 Å². The van der Waals surface area contributed by atoms with Gasteiger partial charge in [0.1, 0.15) is 0 Å². The monoisotopic (exact) mass is 358 g/mol. The van der Waals surface area contributed by atoms with E-state index in [1.165, 1.54) is 38.5 Å². The molecule has 0 aliphatic carbocycles. The quantitative estimate of drug-likeness (QED) is 0.444. The van der Waals surface area contributed by atoms with Gasteiger partial charge in [-0.1, -0.05) is 0 Å². The second-order valence-corrected chi connectivity index (χ2v) is 41.6. The van der Waals surface area contributed by atoms with Crippen molar-refractivity contribution in [3.63, 3.8) is 0 Å². The summed E-state index contributed by atoms with van der Waals surface area (Å²) in [6.45, 7) is 4.04. The van der Waals surface area contributed by atoms with Gasteiger partial charge in [0.05, 0.1) is 0 Å². The third-order valence-corrected chi connectivity index (χ3v) is 60.1. The van der Waals surface area contributed by atoms with E-state index in [1.54, 1.807) is 0 Å². The molecule has 23 heavy (non-hydrogen) atoms. The number of hydrogen-bond acceptors (Lipinski definition) is 0. The topological polar surface area (TPSA) is 0 Å². The fraction of sp³-hybridized carbons (Fsp3) is 0.619. The molecule has 10 fully saturated rings. The molecule has 5 atom stereocenters. The van der Waals surface area contributed by atoms with E-state index >= 15 is 0 Å². The zero-order chi connectivity index (χ0) is 15.0. The second kappa shape index (κ2) is 0.972. The van der Waals surface area contributed by atoms with Gasteiger partial charge in [0.15, 0.2) is 0 Å². The summed E-state index contributed by atoms with van der Waals surface area (Å²) in [4.78, 5) is 10.5. The van der Waals surface area contributed by atoms with Crippen molar-refractivity contribution in [1.82, 2.24) is 0 Å². The Balaban J connectivity index is 1.39. The molecule has 10 saturated heterocycles. The summed E-state index contributed by atoms with van der Waals surface area (Å²) in [5, 5.41) is 0. The van der Waals surface area contributed by atoms with Crippen molar-refractivity contribution in [2.24, 2.45) is 0 Å². The Kier molecular flexibility index (Phi) is 0.417. The van der Waals surface area contributed by atoms with Gasteiger partial charge in [0.25, 0.3) is 0 Å². The third-order valence-electron chi connectivity index (χ3n) is 16.6. The molecule has 0 radical (unpaired) electrons. The molecule has 5 unspecified atom stereocenters. The van der Waals surface area contributed by atoms with E-state index in [-0.39, 0.29) is 0 Å². The van der Waals surface area contributed by atoms with Crippen LogP contribution in [-0.2, 0) is 10.8 Å². The summed E-state index contributed by atoms with van der Waals surface area (Å²) in [7, 11) is -1.23. The zero-order valence-corrected chi connectivity index (χ0v) is 16.0. The summed E-state index contributed by atoms with van der Waals surface area (Å²) in [6.07, 6.45) is 0. The van der Waals surface area contributed by atoms with E-state index < -0.39 is 14.6 Å². The van der Waals surface area contributed by atoms with Gasteiger partial charge in [-0.25, -0.2) is 0 Å². The van der Waals surface area contributed by atoms with Crippen molar-refractivity contribution in [2.75, 3.05) is 0 Å². The average Bonchev–Trinajstić information content (AvgIpc) is 3.46. The molecule has 0 N–H and O–H groups in total. The molecule has 2 heteroatoms. The molecule has 0 amide bonds. The summed E-state index contributed by atoms with van der Waals surface area (Å²) in [6, 6.07) is 12.0. The minimum atomic E-state index is -3.33. The van der Waals surface area contributed by atoms with Crippen LogP contribution >= 0.6 is 0 Å². The summed E-state index contributed by atoms with van der Waals surface area (Å²) in [5.74, 6) is 4.22. The standard InChI is InChI=1S/C16H17Si.C5H5.Fe/c1-17(2,3)12-11-14-9-10-16(13-14)15-7-5-4-6-8-15;1-2-4-5-3-1;/h4-10,13H,1-3H3;1-5H;. The molecule has 10 aliphatic rings. The Bertz CT molecular complexity index is 1390. The third kappa shape index (κ3) is 0.135. The van der Waals surface area contributed by atoms with Gasteiger partial charge in [0.2, 0.25) is 0 Å². The van der Waals surface area contributed by atoms with Gasteiger partial charge in [-0.05, 0) is 0 Å². The van der Waals surface area contributed by atoms with Gasteiger partial charge in [0, 0.05) is 0 Å². The van der Waals surface area contributed by atoms with Gasteiger partial charge >= 0.3 is 129 Å². The molecule has 1 spiro atoms. The first-order valence-electron chi connectivity index (χ1n) is 9.55. The molecule has 0 nitrogen and oxygen atoms in total. The predicted octanol–water partition coefficient (Wildman–Crippen LogP) is 5.73. The van der Waals surface area contributed by atoms with Crippen LogP contribution in [0.5, 0.6) is 0 Å². The van der Waals surface area contributed by atoms with Gasteiger partial charge < -0.3 is 0 Å². The minimum absolute atomic E-state index is 0.741. The van der Waals surface area contributed by atoms with Gasteiger partial charge in [-0.2, -0.15) is 0 Å². The Hall–Kier alpha value is -0.484. The second-order valence-electron chi connectivity index (χ2n) is 13.6. The van der Waals surface area contributed by atoms with Crippen molar-refractivity contribution in [2.45, 2.75) is 66.8 Å². The molecular formula is C21H22FeSi. The van der Waals surface area contributed by atoms with Crippen LogP contribution in [-0.4, -0.2) is 8.07 Å². The molecule has 0 saturated carbocycles. The van der Waals surface area contributed by atoms with Crippen LogP contribution < -0.4 is 0 Å². The van der Waals surface area contributed by atoms with E-state index in [1.807, 2.05) is 5.56 Å². The maximum absolute atomic E-state index is 4.22. The van der Waals surface area contributed by atoms with E-state index in [0.29, 0.717) is 0 Å². The molecule has 11 rings (SSSR count). The van der Waals surface area contributed by atoms with Gasteiger partial charge in [-0.3, -0.25) is 0 Å². The van der Waals surface area contributed by atoms with E-state index in [9.17, 15) is 0 Å². The Morgan fingerprint density at radius 2 is 1.52 bits per heavy atom. The molecule has 0 aromatic heterocycles. The van der Waals surface area contributed by atoms with Crippen LogP contribution in [0.15, 0.2) is 30.3 Å². The maximum atomic E-state index is 4.22. The van der Waals surface area contributed by atoms with Crippen molar-refractivity contribution in [3.8, 4) is 11.5 Å². The molecule has 1 aromatic carbocycles. The Morgan fingerprint density at radius 3 is 2.00 bits per heavy atom. The summed E-state index contributed by atoms with van der Waals surface area (Å²) < 4.78 is 1.58. The van der Waals surface area contributed by atoms with E-state index in [0.717, 1.165) is 8.63 Å². The van der Waals surface area contributed by atoms with Crippen LogP contribution in [0.2, 0.25) is 62.5 Å². The molecule has 0 bridgehead atoms. The zero-order valence-electron chi connectivity index (χ0n) is 13.9. The number of benzene rings is 1. The normalized spacial score (nSPS) is 94.4. The number of fused-ring (bicyclic) bond motifs is 10. The first-order chi connectivity index (χ1) is 10.7. The summed E-state index contributed by atoms with van der Waals surface area (Å²) >= 11 is 0. The van der Waals surface area contributed by atoms with Crippen molar-refractivity contribution in [1.29, 1.82) is 0 Å². The number of rotatable bonds is 1. The first-order valence-corrected chi connectivity index (χ1v) is 19.3. The van der Waals surface area contributed by atoms with E-state index in [4.69, 9.17) is 0 Å². The van der Waals surface area contributed by atoms with Crippen LogP contribution in [0.1, 0.15) is 5.56 Å². The Morgan fingerprint density at radius 1 is 0.913 bits per heavy atom. The molecule has 10 heterocycles. The molecular weight excluding hydrogens is 336 g/mol. The molecule has 10 aliphatic heterocycles. The van der Waals surface area contributed by atoms with Gasteiger partial charge in [-0.15, -0.1) is 0 Å². The first kappa shape index (κ1) is 9.86. The Labute approximate surface area is 128 Å². The van der Waals surface area contributed by atoms with E-state index in [2.05, 4.69) is 61.4 Å². The predicted molar refractivity (Wildman–Crippen MR) is 91.9 cm³/mol. The van der Waals surface area contributed by atoms with Crippen molar-refractivity contribution >= 4 is 8.07 Å².